The summed E-state index contributed by atoms with van der Waals surface area (Å²) < 4.78 is 15.4. The lowest BCUT2D eigenvalue weighted by Gasteiger charge is -2.00. The van der Waals surface area contributed by atoms with Crippen LogP contribution in [0.1, 0.15) is 6.42 Å². The third kappa shape index (κ3) is 5.38. The maximum Gasteiger partial charge on any atom is 0.161 e. The van der Waals surface area contributed by atoms with Crippen LogP contribution in [0.4, 0.5) is 0 Å². The third-order valence-electron chi connectivity index (χ3n) is 1.59. The fourth-order valence-electron chi connectivity index (χ4n) is 0.830. The highest BCUT2D eigenvalue weighted by molar-refractivity contribution is 6.26. The summed E-state index contributed by atoms with van der Waals surface area (Å²) in [6, 6.07) is 1.22. The molecule has 66 valence electrons. The molecule has 0 spiro atoms. The molecule has 0 aliphatic carbocycles. The van der Waals surface area contributed by atoms with Gasteiger partial charge in [-0.25, -0.2) is 0 Å². The van der Waals surface area contributed by atoms with E-state index in [4.69, 9.17) is 13.9 Å². The first-order valence-electron chi connectivity index (χ1n) is 4.12. The molecule has 1 saturated heterocycles. The van der Waals surface area contributed by atoms with Gasteiger partial charge in [-0.05, 0) is 12.5 Å². The molecule has 1 fully saturated rings. The smallest absolute Gasteiger partial charge is 0.161 e. The normalized spacial score (nSPS) is 23.2. The SMILES string of the molecule is CO[SiH2]CCCOCC1CO1. The minimum Gasteiger partial charge on any atom is -0.427 e. The first-order chi connectivity index (χ1) is 5.43. The van der Waals surface area contributed by atoms with E-state index in [2.05, 4.69) is 0 Å². The van der Waals surface area contributed by atoms with Crippen molar-refractivity contribution in [2.45, 2.75) is 18.6 Å². The van der Waals surface area contributed by atoms with Crippen LogP contribution in [-0.4, -0.2) is 42.8 Å². The highest BCUT2D eigenvalue weighted by Gasteiger charge is 2.21. The molecule has 3 nitrogen and oxygen atoms in total. The Morgan fingerprint density at radius 1 is 1.64 bits per heavy atom. The van der Waals surface area contributed by atoms with Crippen molar-refractivity contribution in [3.05, 3.63) is 0 Å². The summed E-state index contributed by atoms with van der Waals surface area (Å²) in [6.45, 7) is 2.55. The largest absolute Gasteiger partial charge is 0.427 e. The maximum absolute atomic E-state index is 5.35. The van der Waals surface area contributed by atoms with Crippen molar-refractivity contribution in [2.75, 3.05) is 26.9 Å². The van der Waals surface area contributed by atoms with Crippen molar-refractivity contribution in [2.24, 2.45) is 0 Å². The van der Waals surface area contributed by atoms with Gasteiger partial charge in [-0.15, -0.1) is 0 Å². The highest BCUT2D eigenvalue weighted by atomic mass is 28.2. The summed E-state index contributed by atoms with van der Waals surface area (Å²) in [7, 11) is 1.56. The molecular weight excluding hydrogens is 160 g/mol. The lowest BCUT2D eigenvalue weighted by Crippen LogP contribution is -2.03. The summed E-state index contributed by atoms with van der Waals surface area (Å²) in [5.74, 6) is 0. The van der Waals surface area contributed by atoms with Gasteiger partial charge in [0.05, 0.1) is 13.2 Å². The minimum absolute atomic E-state index is 0.221. The van der Waals surface area contributed by atoms with Crippen LogP contribution in [-0.2, 0) is 13.9 Å². The van der Waals surface area contributed by atoms with Crippen molar-refractivity contribution in [1.29, 1.82) is 0 Å². The van der Waals surface area contributed by atoms with Gasteiger partial charge in [0.15, 0.2) is 9.76 Å². The van der Waals surface area contributed by atoms with Gasteiger partial charge in [-0.3, -0.25) is 0 Å². The Morgan fingerprint density at radius 3 is 3.09 bits per heavy atom. The van der Waals surface area contributed by atoms with E-state index in [-0.39, 0.29) is 9.76 Å². The van der Waals surface area contributed by atoms with Crippen LogP contribution < -0.4 is 0 Å². The number of ether oxygens (including phenoxy) is 2. The van der Waals surface area contributed by atoms with E-state index in [1.54, 1.807) is 7.11 Å². The van der Waals surface area contributed by atoms with Gasteiger partial charge < -0.3 is 13.9 Å². The summed E-state index contributed by atoms with van der Waals surface area (Å²) in [5.41, 5.74) is 0. The molecule has 1 rings (SSSR count). The van der Waals surface area contributed by atoms with Gasteiger partial charge in [0.2, 0.25) is 0 Å². The lowest BCUT2D eigenvalue weighted by atomic mass is 10.5. The van der Waals surface area contributed by atoms with E-state index >= 15 is 0 Å². The topological polar surface area (TPSA) is 31.0 Å². The first-order valence-corrected chi connectivity index (χ1v) is 5.69. The minimum atomic E-state index is -0.221. The Bertz CT molecular complexity index is 95.7. The Morgan fingerprint density at radius 2 is 2.45 bits per heavy atom. The summed E-state index contributed by atoms with van der Waals surface area (Å²) >= 11 is 0. The molecule has 4 heteroatoms. The Hall–Kier alpha value is 0.0969. The van der Waals surface area contributed by atoms with Crippen molar-refractivity contribution < 1.29 is 13.9 Å². The number of hydrogen-bond acceptors (Lipinski definition) is 3. The molecule has 0 saturated carbocycles. The molecule has 0 amide bonds. The van der Waals surface area contributed by atoms with Crippen LogP contribution >= 0.6 is 0 Å². The number of epoxide rings is 1. The van der Waals surface area contributed by atoms with E-state index < -0.39 is 0 Å². The zero-order valence-corrected chi connectivity index (χ0v) is 8.46. The Labute approximate surface area is 70.0 Å². The number of hydrogen-bond donors (Lipinski definition) is 0. The molecule has 0 bridgehead atoms. The van der Waals surface area contributed by atoms with E-state index in [1.165, 1.54) is 6.04 Å². The lowest BCUT2D eigenvalue weighted by molar-refractivity contribution is 0.117. The van der Waals surface area contributed by atoms with Crippen LogP contribution in [0.3, 0.4) is 0 Å². The van der Waals surface area contributed by atoms with Crippen LogP contribution in [0.2, 0.25) is 6.04 Å². The molecule has 11 heavy (non-hydrogen) atoms. The van der Waals surface area contributed by atoms with Gasteiger partial charge in [-0.1, -0.05) is 0 Å². The first kappa shape index (κ1) is 9.19. The molecule has 1 atom stereocenters. The van der Waals surface area contributed by atoms with Crippen molar-refractivity contribution in [3.8, 4) is 0 Å². The van der Waals surface area contributed by atoms with E-state index in [9.17, 15) is 0 Å². The van der Waals surface area contributed by atoms with Crippen molar-refractivity contribution >= 4 is 9.76 Å². The van der Waals surface area contributed by atoms with E-state index in [1.807, 2.05) is 0 Å². The fourth-order valence-corrected chi connectivity index (χ4v) is 1.53. The highest BCUT2D eigenvalue weighted by Crippen LogP contribution is 2.08. The molecule has 0 radical (unpaired) electrons. The molecule has 0 aromatic rings. The second-order valence-electron chi connectivity index (χ2n) is 2.73. The van der Waals surface area contributed by atoms with Gasteiger partial charge in [0.1, 0.15) is 6.10 Å². The fraction of sp³-hybridized carbons (Fsp3) is 1.00. The Balaban J connectivity index is 1.66. The van der Waals surface area contributed by atoms with Crippen LogP contribution in [0.25, 0.3) is 0 Å². The van der Waals surface area contributed by atoms with Crippen molar-refractivity contribution in [3.63, 3.8) is 0 Å². The average molecular weight is 176 g/mol. The molecule has 1 unspecified atom stereocenters. The van der Waals surface area contributed by atoms with Gasteiger partial charge in [0, 0.05) is 13.7 Å². The zero-order valence-electron chi connectivity index (χ0n) is 7.04. The molecule has 1 heterocycles. The second kappa shape index (κ2) is 5.71. The average Bonchev–Trinajstić information content (AvgIpc) is 2.80. The quantitative estimate of drug-likeness (QED) is 0.309. The molecule has 1 aliphatic rings. The third-order valence-corrected chi connectivity index (χ3v) is 2.79. The molecule has 0 aromatic carbocycles. The van der Waals surface area contributed by atoms with Crippen molar-refractivity contribution in [1.82, 2.24) is 0 Å². The number of rotatable bonds is 7. The second-order valence-corrected chi connectivity index (χ2v) is 4.42. The summed E-state index contributed by atoms with van der Waals surface area (Å²) in [4.78, 5) is 0. The van der Waals surface area contributed by atoms with Crippen LogP contribution in [0.15, 0.2) is 0 Å². The zero-order chi connectivity index (χ0) is 7.94. The van der Waals surface area contributed by atoms with Gasteiger partial charge in [-0.2, -0.15) is 0 Å². The molecular formula is C7H16O3Si. The van der Waals surface area contributed by atoms with Crippen LogP contribution in [0, 0.1) is 0 Å². The molecule has 1 aliphatic heterocycles. The summed E-state index contributed by atoms with van der Waals surface area (Å²) in [6.07, 6.45) is 1.56. The predicted octanol–water partition coefficient (Wildman–Crippen LogP) is -0.0596. The predicted molar refractivity (Wildman–Crippen MR) is 45.5 cm³/mol. The van der Waals surface area contributed by atoms with E-state index in [0.717, 1.165) is 26.2 Å². The molecule has 0 aromatic heterocycles. The monoisotopic (exact) mass is 176 g/mol. The molecule has 0 N–H and O–H groups in total. The van der Waals surface area contributed by atoms with E-state index in [0.29, 0.717) is 6.10 Å². The maximum atomic E-state index is 5.35. The standard InChI is InChI=1S/C7H16O3Si/c1-8-11-4-2-3-9-5-7-6-10-7/h7H,2-6,11H2,1H3. The summed E-state index contributed by atoms with van der Waals surface area (Å²) in [5, 5.41) is 0. The van der Waals surface area contributed by atoms with Gasteiger partial charge >= 0.3 is 0 Å². The van der Waals surface area contributed by atoms with Gasteiger partial charge in [0.25, 0.3) is 0 Å². The Kier molecular flexibility index (Phi) is 4.77. The van der Waals surface area contributed by atoms with Crippen LogP contribution in [0.5, 0.6) is 0 Å².